The van der Waals surface area contributed by atoms with Crippen molar-refractivity contribution in [3.05, 3.63) is 23.1 Å². The zero-order valence-electron chi connectivity index (χ0n) is 9.93. The molecule has 0 aliphatic carbocycles. The van der Waals surface area contributed by atoms with Crippen LogP contribution in [0.25, 0.3) is 10.1 Å². The fourth-order valence-corrected chi connectivity index (χ4v) is 3.46. The summed E-state index contributed by atoms with van der Waals surface area (Å²) < 4.78 is 6.60. The molecule has 98 valence electrons. The van der Waals surface area contributed by atoms with Gasteiger partial charge in [-0.05, 0) is 25.3 Å². The van der Waals surface area contributed by atoms with E-state index in [2.05, 4.69) is 0 Å². The smallest absolute Gasteiger partial charge is 0.336 e. The molecule has 0 saturated heterocycles. The molecule has 1 heterocycles. The van der Waals surface area contributed by atoms with Gasteiger partial charge < -0.3 is 9.84 Å². The molecule has 0 spiro atoms. The van der Waals surface area contributed by atoms with Crippen LogP contribution >= 0.6 is 35.5 Å². The van der Waals surface area contributed by atoms with Crippen molar-refractivity contribution in [2.24, 2.45) is 0 Å². The van der Waals surface area contributed by atoms with E-state index in [4.69, 9.17) is 9.84 Å². The average Bonchev–Trinajstić information content (AvgIpc) is 2.72. The Kier molecular flexibility index (Phi) is 5.31. The summed E-state index contributed by atoms with van der Waals surface area (Å²) in [5.41, 5.74) is 0.337. The third-order valence-electron chi connectivity index (χ3n) is 2.39. The Labute approximate surface area is 120 Å². The van der Waals surface area contributed by atoms with E-state index in [0.29, 0.717) is 12.2 Å². The predicted molar refractivity (Wildman–Crippen MR) is 79.0 cm³/mol. The minimum atomic E-state index is -0.898. The zero-order valence-corrected chi connectivity index (χ0v) is 12.4. The molecule has 1 N–H and O–H groups in total. The van der Waals surface area contributed by atoms with E-state index >= 15 is 0 Å². The highest BCUT2D eigenvalue weighted by atomic mass is 35.5. The van der Waals surface area contributed by atoms with Gasteiger partial charge in [-0.1, -0.05) is 0 Å². The number of carbonyl (C=O) groups is 1. The summed E-state index contributed by atoms with van der Waals surface area (Å²) in [6.45, 7) is 2.50. The first kappa shape index (κ1) is 15.1. The van der Waals surface area contributed by atoms with Gasteiger partial charge in [-0.2, -0.15) is 0 Å². The first-order valence-electron chi connectivity index (χ1n) is 5.13. The molecule has 0 amide bonds. The summed E-state index contributed by atoms with van der Waals surface area (Å²) in [5, 5.41) is 12.0. The lowest BCUT2D eigenvalue weighted by molar-refractivity contribution is 0.0693. The topological polar surface area (TPSA) is 46.5 Å². The summed E-state index contributed by atoms with van der Waals surface area (Å²) in [6.07, 6.45) is 1.88. The van der Waals surface area contributed by atoms with Crippen molar-refractivity contribution in [2.45, 2.75) is 11.8 Å². The maximum absolute atomic E-state index is 11.2. The fourth-order valence-electron chi connectivity index (χ4n) is 1.71. The van der Waals surface area contributed by atoms with E-state index in [0.717, 1.165) is 20.7 Å². The molecule has 0 aliphatic heterocycles. The molecule has 1 aromatic carbocycles. The van der Waals surface area contributed by atoms with Gasteiger partial charge in [0.05, 0.1) is 12.2 Å². The molecule has 0 atom stereocenters. The Balaban J connectivity index is 0.00000162. The standard InChI is InChI=1S/C12H12O3S2.ClH/c1-3-15-8-6-17-9-5-4-7(12(13)14)11(16-2)10(8)9;/h4-6H,3H2,1-2H3,(H,13,14);1H. The summed E-state index contributed by atoms with van der Waals surface area (Å²) in [4.78, 5) is 11.9. The highest BCUT2D eigenvalue weighted by Crippen LogP contribution is 2.40. The van der Waals surface area contributed by atoms with E-state index in [-0.39, 0.29) is 12.4 Å². The van der Waals surface area contributed by atoms with Gasteiger partial charge in [0.1, 0.15) is 5.75 Å². The van der Waals surface area contributed by atoms with E-state index in [1.807, 2.05) is 24.6 Å². The van der Waals surface area contributed by atoms with E-state index < -0.39 is 5.97 Å². The Hall–Kier alpha value is -0.910. The molecule has 0 aliphatic rings. The van der Waals surface area contributed by atoms with E-state index in [1.54, 1.807) is 17.4 Å². The Morgan fingerprint density at radius 1 is 1.50 bits per heavy atom. The van der Waals surface area contributed by atoms with Crippen LogP contribution in [0.3, 0.4) is 0 Å². The summed E-state index contributed by atoms with van der Waals surface area (Å²) in [6, 6.07) is 3.49. The lowest BCUT2D eigenvalue weighted by Crippen LogP contribution is -1.99. The number of ether oxygens (including phenoxy) is 1. The molecule has 0 fully saturated rings. The summed E-state index contributed by atoms with van der Waals surface area (Å²) >= 11 is 3.02. The van der Waals surface area contributed by atoms with Crippen molar-refractivity contribution in [3.63, 3.8) is 0 Å². The zero-order chi connectivity index (χ0) is 12.4. The van der Waals surface area contributed by atoms with Crippen molar-refractivity contribution in [1.82, 2.24) is 0 Å². The van der Waals surface area contributed by atoms with Gasteiger partial charge in [-0.15, -0.1) is 35.5 Å². The lowest BCUT2D eigenvalue weighted by atomic mass is 10.1. The van der Waals surface area contributed by atoms with Crippen molar-refractivity contribution in [1.29, 1.82) is 0 Å². The number of aromatic carboxylic acids is 1. The van der Waals surface area contributed by atoms with Gasteiger partial charge in [0.15, 0.2) is 0 Å². The van der Waals surface area contributed by atoms with Gasteiger partial charge in [0, 0.05) is 20.4 Å². The first-order valence-corrected chi connectivity index (χ1v) is 7.23. The normalized spacial score (nSPS) is 10.1. The van der Waals surface area contributed by atoms with Crippen LogP contribution in [0.4, 0.5) is 0 Å². The fraction of sp³-hybridized carbons (Fsp3) is 0.250. The van der Waals surface area contributed by atoms with Crippen LogP contribution in [0.1, 0.15) is 17.3 Å². The van der Waals surface area contributed by atoms with Crippen molar-refractivity contribution in [3.8, 4) is 5.75 Å². The quantitative estimate of drug-likeness (QED) is 0.862. The highest BCUT2D eigenvalue weighted by Gasteiger charge is 2.17. The third kappa shape index (κ3) is 2.58. The second-order valence-electron chi connectivity index (χ2n) is 3.36. The molecule has 1 aromatic heterocycles. The van der Waals surface area contributed by atoms with Gasteiger partial charge >= 0.3 is 5.97 Å². The summed E-state index contributed by atoms with van der Waals surface area (Å²) in [7, 11) is 0. The molecule has 0 radical (unpaired) electrons. The number of halogens is 1. The van der Waals surface area contributed by atoms with Crippen LogP contribution in [0, 0.1) is 0 Å². The second-order valence-corrected chi connectivity index (χ2v) is 5.09. The van der Waals surface area contributed by atoms with Crippen LogP contribution < -0.4 is 4.74 Å². The lowest BCUT2D eigenvalue weighted by Gasteiger charge is -2.07. The Bertz CT molecular complexity index is 566. The Morgan fingerprint density at radius 2 is 2.22 bits per heavy atom. The van der Waals surface area contributed by atoms with Gasteiger partial charge in [0.2, 0.25) is 0 Å². The maximum atomic E-state index is 11.2. The number of carboxylic acid groups (broad SMARTS) is 1. The number of thiophene rings is 1. The monoisotopic (exact) mass is 304 g/mol. The van der Waals surface area contributed by atoms with Crippen LogP contribution in [-0.2, 0) is 0 Å². The molecule has 0 saturated carbocycles. The largest absolute Gasteiger partial charge is 0.492 e. The maximum Gasteiger partial charge on any atom is 0.336 e. The number of thioether (sulfide) groups is 1. The molecule has 2 rings (SSSR count). The van der Waals surface area contributed by atoms with Gasteiger partial charge in [0.25, 0.3) is 0 Å². The molecule has 0 unspecified atom stereocenters. The van der Waals surface area contributed by atoms with Gasteiger partial charge in [-0.25, -0.2) is 4.79 Å². The highest BCUT2D eigenvalue weighted by molar-refractivity contribution is 7.99. The van der Waals surface area contributed by atoms with Crippen molar-refractivity contribution in [2.75, 3.05) is 12.9 Å². The average molecular weight is 305 g/mol. The number of benzene rings is 1. The van der Waals surface area contributed by atoms with E-state index in [9.17, 15) is 4.79 Å². The minimum absolute atomic E-state index is 0. The predicted octanol–water partition coefficient (Wildman–Crippen LogP) is 4.14. The number of hydrogen-bond acceptors (Lipinski definition) is 4. The Morgan fingerprint density at radius 3 is 2.78 bits per heavy atom. The number of rotatable bonds is 4. The number of hydrogen-bond donors (Lipinski definition) is 1. The molecular weight excluding hydrogens is 292 g/mol. The van der Waals surface area contributed by atoms with Crippen LogP contribution in [0.15, 0.2) is 22.4 Å². The molecule has 18 heavy (non-hydrogen) atoms. The number of fused-ring (bicyclic) bond motifs is 1. The molecule has 3 nitrogen and oxygen atoms in total. The molecular formula is C12H13ClO3S2. The summed E-state index contributed by atoms with van der Waals surface area (Å²) in [5.74, 6) is -0.121. The first-order chi connectivity index (χ1) is 8.19. The van der Waals surface area contributed by atoms with Crippen LogP contribution in [0.5, 0.6) is 5.75 Å². The third-order valence-corrected chi connectivity index (χ3v) is 4.15. The molecule has 2 aromatic rings. The second kappa shape index (κ2) is 6.31. The SMILES string of the molecule is CCOc1csc2ccc(C(=O)O)c(SC)c12.Cl. The van der Waals surface area contributed by atoms with E-state index in [1.165, 1.54) is 11.8 Å². The van der Waals surface area contributed by atoms with Crippen molar-refractivity contribution >= 4 is 51.6 Å². The van der Waals surface area contributed by atoms with Crippen LogP contribution in [0.2, 0.25) is 0 Å². The molecule has 6 heteroatoms. The minimum Gasteiger partial charge on any atom is -0.492 e. The van der Waals surface area contributed by atoms with Gasteiger partial charge in [-0.3, -0.25) is 0 Å². The van der Waals surface area contributed by atoms with Crippen LogP contribution in [-0.4, -0.2) is 23.9 Å². The molecule has 0 bridgehead atoms. The number of carboxylic acids is 1. The van der Waals surface area contributed by atoms with Crippen molar-refractivity contribution < 1.29 is 14.6 Å².